The maximum absolute atomic E-state index is 13.9. The van der Waals surface area contributed by atoms with Crippen LogP contribution in [-0.4, -0.2) is 104 Å². The number of piperazine rings is 1. The van der Waals surface area contributed by atoms with E-state index < -0.39 is 5.82 Å². The third-order valence-corrected chi connectivity index (χ3v) is 5.78. The van der Waals surface area contributed by atoms with Crippen molar-refractivity contribution in [3.63, 3.8) is 0 Å². The van der Waals surface area contributed by atoms with Crippen LogP contribution in [-0.2, 0) is 20.9 Å². The van der Waals surface area contributed by atoms with Crippen molar-refractivity contribution in [3.8, 4) is 0 Å². The minimum absolute atomic E-state index is 0.0813. The lowest BCUT2D eigenvalue weighted by Gasteiger charge is -2.36. The van der Waals surface area contributed by atoms with Gasteiger partial charge in [0, 0.05) is 63.4 Å². The second-order valence-electron chi connectivity index (χ2n) is 7.50. The molecule has 7 nitrogen and oxygen atoms in total. The zero-order valence-corrected chi connectivity index (χ0v) is 17.5. The molecule has 2 heterocycles. The number of likely N-dealkylation sites (N-methyl/N-ethyl adjacent to an activating group) is 1. The predicted molar refractivity (Wildman–Crippen MR) is 108 cm³/mol. The largest absolute Gasteiger partial charge is 0.378 e. The van der Waals surface area contributed by atoms with Gasteiger partial charge in [-0.15, -0.1) is 0 Å². The molecule has 160 valence electrons. The quantitative estimate of drug-likeness (QED) is 0.677. The van der Waals surface area contributed by atoms with Crippen LogP contribution in [0.3, 0.4) is 0 Å². The number of halogens is 2. The Bertz CT molecular complexity index is 701. The fourth-order valence-electron chi connectivity index (χ4n) is 3.53. The van der Waals surface area contributed by atoms with E-state index in [1.54, 1.807) is 19.2 Å². The summed E-state index contributed by atoms with van der Waals surface area (Å²) in [6, 6.07) is 4.51. The zero-order valence-electron chi connectivity index (χ0n) is 16.8. The van der Waals surface area contributed by atoms with Crippen LogP contribution in [0.1, 0.15) is 5.56 Å². The van der Waals surface area contributed by atoms with Crippen LogP contribution in [0.5, 0.6) is 0 Å². The van der Waals surface area contributed by atoms with Crippen LogP contribution < -0.4 is 0 Å². The summed E-state index contributed by atoms with van der Waals surface area (Å²) in [5.74, 6) is -0.350. The molecule has 3 rings (SSSR count). The highest BCUT2D eigenvalue weighted by molar-refractivity contribution is 6.31. The lowest BCUT2D eigenvalue weighted by atomic mass is 10.2. The van der Waals surface area contributed by atoms with Crippen molar-refractivity contribution in [3.05, 3.63) is 34.6 Å². The number of nitrogens with zero attached hydrogens (tertiary/aromatic N) is 4. The van der Waals surface area contributed by atoms with Gasteiger partial charge < -0.3 is 14.5 Å². The van der Waals surface area contributed by atoms with E-state index in [9.17, 15) is 14.0 Å². The van der Waals surface area contributed by atoms with E-state index in [0.29, 0.717) is 43.4 Å². The Balaban J connectivity index is 1.41. The molecule has 2 aliphatic heterocycles. The van der Waals surface area contributed by atoms with Gasteiger partial charge >= 0.3 is 0 Å². The summed E-state index contributed by atoms with van der Waals surface area (Å²) in [7, 11) is 1.66. The van der Waals surface area contributed by atoms with Gasteiger partial charge in [0.15, 0.2) is 0 Å². The van der Waals surface area contributed by atoms with Crippen LogP contribution in [0.4, 0.5) is 4.39 Å². The molecular weight excluding hydrogens is 399 g/mol. The molecule has 0 aliphatic carbocycles. The maximum atomic E-state index is 13.9. The normalized spacial score (nSPS) is 18.7. The molecule has 2 aliphatic rings. The lowest BCUT2D eigenvalue weighted by molar-refractivity contribution is -0.137. The molecule has 0 radical (unpaired) electrons. The second kappa shape index (κ2) is 10.3. The van der Waals surface area contributed by atoms with Gasteiger partial charge in [0.25, 0.3) is 0 Å². The number of hydrogen-bond donors (Lipinski definition) is 0. The highest BCUT2D eigenvalue weighted by Gasteiger charge is 2.24. The number of hydrogen-bond acceptors (Lipinski definition) is 5. The molecule has 0 N–H and O–H groups in total. The molecule has 0 atom stereocenters. The Hall–Kier alpha value is -1.74. The number of rotatable bonds is 6. The molecule has 2 saturated heterocycles. The van der Waals surface area contributed by atoms with Gasteiger partial charge in [-0.2, -0.15) is 0 Å². The Morgan fingerprint density at radius 1 is 1.07 bits per heavy atom. The van der Waals surface area contributed by atoms with E-state index in [4.69, 9.17) is 16.3 Å². The standard InChI is InChI=1S/C20H28ClFN4O3/c1-23(13-16-17(21)3-2-4-18(16)22)19(27)14-24-5-7-25(8-6-24)15-20(28)26-9-11-29-12-10-26/h2-4H,5-15H2,1H3. The first kappa shape index (κ1) is 22.0. The average Bonchev–Trinajstić information content (AvgIpc) is 2.72. The van der Waals surface area contributed by atoms with E-state index in [1.807, 2.05) is 4.90 Å². The summed E-state index contributed by atoms with van der Waals surface area (Å²) in [5, 5.41) is 0.322. The van der Waals surface area contributed by atoms with Gasteiger partial charge in [-0.25, -0.2) is 4.39 Å². The fourth-order valence-corrected chi connectivity index (χ4v) is 3.75. The first-order valence-electron chi connectivity index (χ1n) is 9.91. The summed E-state index contributed by atoms with van der Waals surface area (Å²) in [6.45, 7) is 6.27. The van der Waals surface area contributed by atoms with E-state index in [-0.39, 0.29) is 24.9 Å². The minimum atomic E-state index is -0.407. The Morgan fingerprint density at radius 2 is 1.69 bits per heavy atom. The number of benzene rings is 1. The first-order valence-corrected chi connectivity index (χ1v) is 10.3. The number of morpholine rings is 1. The van der Waals surface area contributed by atoms with Gasteiger partial charge in [0.1, 0.15) is 5.82 Å². The molecule has 29 heavy (non-hydrogen) atoms. The molecular formula is C20H28ClFN4O3. The molecule has 1 aromatic rings. The first-order chi connectivity index (χ1) is 13.9. The summed E-state index contributed by atoms with van der Waals surface area (Å²) in [5.41, 5.74) is 0.330. The van der Waals surface area contributed by atoms with Crippen LogP contribution in [0.25, 0.3) is 0 Å². The second-order valence-corrected chi connectivity index (χ2v) is 7.90. The summed E-state index contributed by atoms with van der Waals surface area (Å²) >= 11 is 6.05. The number of carbonyl (C=O) groups excluding carboxylic acids is 2. The number of carbonyl (C=O) groups is 2. The van der Waals surface area contributed by atoms with Crippen molar-refractivity contribution in [1.82, 2.24) is 19.6 Å². The molecule has 1 aromatic carbocycles. The van der Waals surface area contributed by atoms with Gasteiger partial charge in [-0.3, -0.25) is 19.4 Å². The Labute approximate surface area is 175 Å². The number of ether oxygens (including phenoxy) is 1. The number of amides is 2. The van der Waals surface area contributed by atoms with Crippen molar-refractivity contribution in [2.75, 3.05) is 72.6 Å². The third-order valence-electron chi connectivity index (χ3n) is 5.43. The van der Waals surface area contributed by atoms with Crippen LogP contribution in [0.15, 0.2) is 18.2 Å². The van der Waals surface area contributed by atoms with E-state index in [1.165, 1.54) is 11.0 Å². The Morgan fingerprint density at radius 3 is 2.31 bits per heavy atom. The molecule has 0 aromatic heterocycles. The van der Waals surface area contributed by atoms with Gasteiger partial charge in [-0.1, -0.05) is 17.7 Å². The molecule has 9 heteroatoms. The molecule has 2 fully saturated rings. The molecule has 0 unspecified atom stereocenters. The maximum Gasteiger partial charge on any atom is 0.236 e. The smallest absolute Gasteiger partial charge is 0.236 e. The van der Waals surface area contributed by atoms with Crippen LogP contribution >= 0.6 is 11.6 Å². The van der Waals surface area contributed by atoms with Crippen LogP contribution in [0, 0.1) is 5.82 Å². The average molecular weight is 427 g/mol. The van der Waals surface area contributed by atoms with E-state index >= 15 is 0 Å². The predicted octanol–water partition coefficient (Wildman–Crippen LogP) is 0.914. The van der Waals surface area contributed by atoms with Crippen molar-refractivity contribution in [1.29, 1.82) is 0 Å². The van der Waals surface area contributed by atoms with Gasteiger partial charge in [0.2, 0.25) is 11.8 Å². The van der Waals surface area contributed by atoms with Crippen molar-refractivity contribution in [2.45, 2.75) is 6.54 Å². The summed E-state index contributed by atoms with van der Waals surface area (Å²) in [4.78, 5) is 32.4. The van der Waals surface area contributed by atoms with E-state index in [0.717, 1.165) is 26.2 Å². The van der Waals surface area contributed by atoms with Crippen molar-refractivity contribution >= 4 is 23.4 Å². The SMILES string of the molecule is CN(Cc1c(F)cccc1Cl)C(=O)CN1CCN(CC(=O)N2CCOCC2)CC1. The van der Waals surface area contributed by atoms with Crippen LogP contribution in [0.2, 0.25) is 5.02 Å². The topological polar surface area (TPSA) is 56.3 Å². The van der Waals surface area contributed by atoms with Crippen molar-refractivity contribution in [2.24, 2.45) is 0 Å². The minimum Gasteiger partial charge on any atom is -0.378 e. The van der Waals surface area contributed by atoms with Gasteiger partial charge in [0.05, 0.1) is 26.3 Å². The third kappa shape index (κ3) is 6.12. The summed E-state index contributed by atoms with van der Waals surface area (Å²) < 4.78 is 19.2. The zero-order chi connectivity index (χ0) is 20.8. The lowest BCUT2D eigenvalue weighted by Crippen LogP contribution is -2.53. The van der Waals surface area contributed by atoms with E-state index in [2.05, 4.69) is 9.80 Å². The monoisotopic (exact) mass is 426 g/mol. The molecule has 0 bridgehead atoms. The summed E-state index contributed by atoms with van der Waals surface area (Å²) in [6.07, 6.45) is 0. The van der Waals surface area contributed by atoms with Crippen molar-refractivity contribution < 1.29 is 18.7 Å². The van der Waals surface area contributed by atoms with Gasteiger partial charge in [-0.05, 0) is 12.1 Å². The Kier molecular flexibility index (Phi) is 7.83. The molecule has 0 spiro atoms. The molecule has 0 saturated carbocycles. The fraction of sp³-hybridized carbons (Fsp3) is 0.600. The highest BCUT2D eigenvalue weighted by Crippen LogP contribution is 2.20. The highest BCUT2D eigenvalue weighted by atomic mass is 35.5. The molecule has 2 amide bonds.